The van der Waals surface area contributed by atoms with E-state index in [-0.39, 0.29) is 5.91 Å². The molecule has 5 heteroatoms. The first-order valence-electron chi connectivity index (χ1n) is 6.60. The van der Waals surface area contributed by atoms with Gasteiger partial charge in [-0.25, -0.2) is 0 Å². The second kappa shape index (κ2) is 7.59. The van der Waals surface area contributed by atoms with Crippen LogP contribution < -0.4 is 15.8 Å². The second-order valence-electron chi connectivity index (χ2n) is 4.37. The van der Waals surface area contributed by atoms with Gasteiger partial charge in [0.1, 0.15) is 5.75 Å². The van der Waals surface area contributed by atoms with Crippen molar-refractivity contribution in [2.45, 2.75) is 4.90 Å². The molecule has 0 heterocycles. The first-order chi connectivity index (χ1) is 10.2. The van der Waals surface area contributed by atoms with Crippen molar-refractivity contribution in [3.8, 4) is 5.75 Å². The van der Waals surface area contributed by atoms with Gasteiger partial charge in [-0.05, 0) is 30.3 Å². The molecule has 3 N–H and O–H groups in total. The fraction of sp³-hybridized carbons (Fsp3) is 0.188. The van der Waals surface area contributed by atoms with Crippen LogP contribution >= 0.6 is 11.8 Å². The van der Waals surface area contributed by atoms with Gasteiger partial charge in [-0.2, -0.15) is 0 Å². The van der Waals surface area contributed by atoms with Crippen molar-refractivity contribution >= 4 is 23.4 Å². The predicted molar refractivity (Wildman–Crippen MR) is 86.9 cm³/mol. The van der Waals surface area contributed by atoms with Crippen LogP contribution in [-0.4, -0.2) is 25.3 Å². The van der Waals surface area contributed by atoms with E-state index in [0.29, 0.717) is 23.5 Å². The normalized spacial score (nSPS) is 10.1. The Kier molecular flexibility index (Phi) is 5.51. The van der Waals surface area contributed by atoms with Crippen molar-refractivity contribution < 1.29 is 9.53 Å². The summed E-state index contributed by atoms with van der Waals surface area (Å²) in [5.74, 6) is 1.21. The van der Waals surface area contributed by atoms with Crippen LogP contribution in [-0.2, 0) is 0 Å². The summed E-state index contributed by atoms with van der Waals surface area (Å²) in [7, 11) is 1.53. The number of hydrogen-bond donors (Lipinski definition) is 2. The van der Waals surface area contributed by atoms with E-state index in [1.807, 2.05) is 18.2 Å². The lowest BCUT2D eigenvalue weighted by Gasteiger charge is -2.08. The number of carbonyl (C=O) groups excluding carboxylic acids is 1. The summed E-state index contributed by atoms with van der Waals surface area (Å²) >= 11 is 1.71. The van der Waals surface area contributed by atoms with Gasteiger partial charge in [0.25, 0.3) is 5.91 Å². The van der Waals surface area contributed by atoms with Gasteiger partial charge in [0.05, 0.1) is 12.8 Å². The standard InChI is InChI=1S/C16H18N2O2S/c1-20-15-11-12(7-8-14(15)17)16(19)18-9-10-21-13-5-3-2-4-6-13/h2-8,11H,9-10,17H2,1H3,(H,18,19). The maximum atomic E-state index is 12.0. The molecular formula is C16H18N2O2S. The lowest BCUT2D eigenvalue weighted by Crippen LogP contribution is -2.25. The summed E-state index contributed by atoms with van der Waals surface area (Å²) < 4.78 is 5.11. The fourth-order valence-corrected chi connectivity index (χ4v) is 2.59. The van der Waals surface area contributed by atoms with Crippen molar-refractivity contribution in [3.05, 3.63) is 54.1 Å². The first-order valence-corrected chi connectivity index (χ1v) is 7.59. The molecule has 0 saturated heterocycles. The van der Waals surface area contributed by atoms with Gasteiger partial charge < -0.3 is 15.8 Å². The number of thioether (sulfide) groups is 1. The number of anilines is 1. The molecule has 0 atom stereocenters. The zero-order valence-electron chi connectivity index (χ0n) is 11.8. The topological polar surface area (TPSA) is 64.3 Å². The SMILES string of the molecule is COc1cc(C(=O)NCCSc2ccccc2)ccc1N. The zero-order valence-corrected chi connectivity index (χ0v) is 12.7. The minimum atomic E-state index is -0.123. The Morgan fingerprint density at radius 2 is 2.00 bits per heavy atom. The summed E-state index contributed by atoms with van der Waals surface area (Å²) in [5.41, 5.74) is 6.80. The molecule has 0 radical (unpaired) electrons. The largest absolute Gasteiger partial charge is 0.495 e. The number of rotatable bonds is 6. The van der Waals surface area contributed by atoms with Gasteiger partial charge in [-0.15, -0.1) is 11.8 Å². The lowest BCUT2D eigenvalue weighted by atomic mass is 10.2. The average Bonchev–Trinajstić information content (AvgIpc) is 2.53. The van der Waals surface area contributed by atoms with Crippen molar-refractivity contribution in [2.75, 3.05) is 25.1 Å². The van der Waals surface area contributed by atoms with Crippen molar-refractivity contribution in [2.24, 2.45) is 0 Å². The Morgan fingerprint density at radius 3 is 2.71 bits per heavy atom. The predicted octanol–water partition coefficient (Wildman–Crippen LogP) is 2.80. The zero-order chi connectivity index (χ0) is 15.1. The molecule has 0 aromatic heterocycles. The molecule has 4 nitrogen and oxygen atoms in total. The molecule has 0 aliphatic heterocycles. The number of hydrogen-bond acceptors (Lipinski definition) is 4. The number of ether oxygens (including phenoxy) is 1. The van der Waals surface area contributed by atoms with E-state index < -0.39 is 0 Å². The molecule has 1 amide bonds. The second-order valence-corrected chi connectivity index (χ2v) is 5.54. The molecule has 0 saturated carbocycles. The fourth-order valence-electron chi connectivity index (χ4n) is 1.80. The smallest absolute Gasteiger partial charge is 0.251 e. The molecule has 0 bridgehead atoms. The molecule has 0 fully saturated rings. The number of nitrogen functional groups attached to an aromatic ring is 1. The van der Waals surface area contributed by atoms with Crippen LogP contribution in [0.4, 0.5) is 5.69 Å². The highest BCUT2D eigenvalue weighted by Gasteiger charge is 2.08. The highest BCUT2D eigenvalue weighted by molar-refractivity contribution is 7.99. The minimum Gasteiger partial charge on any atom is -0.495 e. The third-order valence-electron chi connectivity index (χ3n) is 2.90. The Balaban J connectivity index is 1.82. The molecule has 0 aliphatic carbocycles. The van der Waals surface area contributed by atoms with E-state index in [4.69, 9.17) is 10.5 Å². The van der Waals surface area contributed by atoms with E-state index in [0.717, 1.165) is 5.75 Å². The number of carbonyl (C=O) groups is 1. The molecule has 2 rings (SSSR count). The summed E-state index contributed by atoms with van der Waals surface area (Å²) in [4.78, 5) is 13.2. The minimum absolute atomic E-state index is 0.123. The van der Waals surface area contributed by atoms with Crippen LogP contribution in [0, 0.1) is 0 Å². The molecule has 0 unspecified atom stereocenters. The summed E-state index contributed by atoms with van der Waals surface area (Å²) in [5, 5.41) is 2.88. The molecule has 2 aromatic rings. The molecule has 0 aliphatic rings. The number of methoxy groups -OCH3 is 1. The van der Waals surface area contributed by atoms with Crippen LogP contribution in [0.5, 0.6) is 5.75 Å². The van der Waals surface area contributed by atoms with Crippen molar-refractivity contribution in [3.63, 3.8) is 0 Å². The lowest BCUT2D eigenvalue weighted by molar-refractivity contribution is 0.0956. The number of benzene rings is 2. The van der Waals surface area contributed by atoms with Crippen molar-refractivity contribution in [1.29, 1.82) is 0 Å². The van der Waals surface area contributed by atoms with E-state index in [1.165, 1.54) is 12.0 Å². The Bertz CT molecular complexity index is 602. The van der Waals surface area contributed by atoms with Gasteiger partial charge in [-0.1, -0.05) is 18.2 Å². The van der Waals surface area contributed by atoms with Gasteiger partial charge in [0, 0.05) is 22.8 Å². The van der Waals surface area contributed by atoms with Crippen LogP contribution in [0.15, 0.2) is 53.4 Å². The van der Waals surface area contributed by atoms with E-state index in [2.05, 4.69) is 17.4 Å². The van der Waals surface area contributed by atoms with Crippen LogP contribution in [0.2, 0.25) is 0 Å². The van der Waals surface area contributed by atoms with Gasteiger partial charge in [-0.3, -0.25) is 4.79 Å². The van der Waals surface area contributed by atoms with Gasteiger partial charge in [0.15, 0.2) is 0 Å². The third-order valence-corrected chi connectivity index (χ3v) is 3.91. The number of amides is 1. The van der Waals surface area contributed by atoms with Gasteiger partial charge >= 0.3 is 0 Å². The summed E-state index contributed by atoms with van der Waals surface area (Å²) in [6.45, 7) is 0.602. The number of nitrogens with two attached hydrogens (primary N) is 1. The van der Waals surface area contributed by atoms with Crippen LogP contribution in [0.1, 0.15) is 10.4 Å². The monoisotopic (exact) mass is 302 g/mol. The third kappa shape index (κ3) is 4.43. The molecule has 0 spiro atoms. The molecule has 110 valence electrons. The van der Waals surface area contributed by atoms with Crippen LogP contribution in [0.25, 0.3) is 0 Å². The Morgan fingerprint density at radius 1 is 1.24 bits per heavy atom. The Hall–Kier alpha value is -2.14. The molecule has 21 heavy (non-hydrogen) atoms. The molecular weight excluding hydrogens is 284 g/mol. The van der Waals surface area contributed by atoms with E-state index in [9.17, 15) is 4.79 Å². The first kappa shape index (κ1) is 15.3. The van der Waals surface area contributed by atoms with Crippen LogP contribution in [0.3, 0.4) is 0 Å². The van der Waals surface area contributed by atoms with E-state index in [1.54, 1.807) is 30.0 Å². The summed E-state index contributed by atoms with van der Waals surface area (Å²) in [6, 6.07) is 15.1. The number of nitrogens with one attached hydrogen (secondary N) is 1. The molecule has 2 aromatic carbocycles. The maximum Gasteiger partial charge on any atom is 0.251 e. The summed E-state index contributed by atoms with van der Waals surface area (Å²) in [6.07, 6.45) is 0. The maximum absolute atomic E-state index is 12.0. The highest BCUT2D eigenvalue weighted by atomic mass is 32.2. The van der Waals surface area contributed by atoms with Crippen molar-refractivity contribution in [1.82, 2.24) is 5.32 Å². The highest BCUT2D eigenvalue weighted by Crippen LogP contribution is 2.22. The quantitative estimate of drug-likeness (QED) is 0.489. The average molecular weight is 302 g/mol. The Labute approximate surface area is 128 Å². The van der Waals surface area contributed by atoms with E-state index >= 15 is 0 Å². The van der Waals surface area contributed by atoms with Gasteiger partial charge in [0.2, 0.25) is 0 Å².